The highest BCUT2D eigenvalue weighted by Gasteiger charge is 2.22. The van der Waals surface area contributed by atoms with Gasteiger partial charge in [-0.1, -0.05) is 0 Å². The molecular formula is C12H11ClN4O. The molecule has 2 aromatic rings. The van der Waals surface area contributed by atoms with E-state index in [0.717, 1.165) is 31.0 Å². The SMILES string of the molecule is N#Cc1cnc2c(c1)nc(CCl)n2CC1CCO1. The number of nitrogens with zero attached hydrogens (tertiary/aromatic N) is 4. The van der Waals surface area contributed by atoms with Gasteiger partial charge in [0.15, 0.2) is 5.65 Å². The maximum absolute atomic E-state index is 8.85. The number of hydrogen-bond donors (Lipinski definition) is 0. The largest absolute Gasteiger partial charge is 0.376 e. The van der Waals surface area contributed by atoms with Gasteiger partial charge in [-0.15, -0.1) is 11.6 Å². The number of imidazole rings is 1. The van der Waals surface area contributed by atoms with Crippen molar-refractivity contribution in [1.29, 1.82) is 5.26 Å². The van der Waals surface area contributed by atoms with Crippen molar-refractivity contribution in [2.75, 3.05) is 6.61 Å². The minimum atomic E-state index is 0.224. The summed E-state index contributed by atoms with van der Waals surface area (Å²) in [6.07, 6.45) is 2.83. The standard InChI is InChI=1S/C12H11ClN4O/c13-4-11-16-10-3-8(5-14)6-15-12(10)17(11)7-9-1-2-18-9/h3,6,9H,1-2,4,7H2. The van der Waals surface area contributed by atoms with E-state index in [4.69, 9.17) is 21.6 Å². The van der Waals surface area contributed by atoms with E-state index in [1.807, 2.05) is 4.57 Å². The molecule has 1 aliphatic rings. The number of alkyl halides is 1. The molecule has 0 aliphatic carbocycles. The number of aromatic nitrogens is 3. The zero-order chi connectivity index (χ0) is 12.5. The monoisotopic (exact) mass is 262 g/mol. The molecule has 0 saturated carbocycles. The Balaban J connectivity index is 2.06. The highest BCUT2D eigenvalue weighted by Crippen LogP contribution is 2.21. The van der Waals surface area contributed by atoms with Gasteiger partial charge in [0.25, 0.3) is 0 Å². The first-order valence-corrected chi connectivity index (χ1v) is 6.28. The third-order valence-corrected chi connectivity index (χ3v) is 3.33. The van der Waals surface area contributed by atoms with Gasteiger partial charge in [0.05, 0.1) is 24.1 Å². The number of ether oxygens (including phenoxy) is 1. The lowest BCUT2D eigenvalue weighted by molar-refractivity contribution is -0.0590. The van der Waals surface area contributed by atoms with Crippen LogP contribution in [-0.4, -0.2) is 27.2 Å². The lowest BCUT2D eigenvalue weighted by Gasteiger charge is -2.27. The number of rotatable bonds is 3. The van der Waals surface area contributed by atoms with Gasteiger partial charge >= 0.3 is 0 Å². The minimum absolute atomic E-state index is 0.224. The lowest BCUT2D eigenvalue weighted by atomic mass is 10.2. The summed E-state index contributed by atoms with van der Waals surface area (Å²) in [7, 11) is 0. The summed E-state index contributed by atoms with van der Waals surface area (Å²) in [5.74, 6) is 1.09. The molecule has 0 N–H and O–H groups in total. The third kappa shape index (κ3) is 1.84. The molecule has 3 heterocycles. The molecule has 3 rings (SSSR count). The number of nitriles is 1. The molecule has 0 amide bonds. The van der Waals surface area contributed by atoms with Crippen LogP contribution in [0.4, 0.5) is 0 Å². The highest BCUT2D eigenvalue weighted by molar-refractivity contribution is 6.16. The first kappa shape index (κ1) is 11.5. The van der Waals surface area contributed by atoms with Crippen molar-refractivity contribution in [3.63, 3.8) is 0 Å². The van der Waals surface area contributed by atoms with E-state index in [9.17, 15) is 0 Å². The van der Waals surface area contributed by atoms with Crippen LogP contribution in [0.2, 0.25) is 0 Å². The van der Waals surface area contributed by atoms with E-state index in [1.165, 1.54) is 0 Å². The number of pyridine rings is 1. The Morgan fingerprint density at radius 3 is 3.06 bits per heavy atom. The lowest BCUT2D eigenvalue weighted by Crippen LogP contribution is -2.31. The molecule has 1 atom stereocenters. The van der Waals surface area contributed by atoms with Gasteiger partial charge in [0, 0.05) is 12.8 Å². The van der Waals surface area contributed by atoms with E-state index >= 15 is 0 Å². The molecular weight excluding hydrogens is 252 g/mol. The van der Waals surface area contributed by atoms with Crippen LogP contribution in [0.1, 0.15) is 17.8 Å². The van der Waals surface area contributed by atoms with Crippen LogP contribution in [0.15, 0.2) is 12.3 Å². The summed E-state index contributed by atoms with van der Waals surface area (Å²) in [5, 5.41) is 8.85. The fourth-order valence-corrected chi connectivity index (χ4v) is 2.25. The van der Waals surface area contributed by atoms with Gasteiger partial charge in [0.1, 0.15) is 17.4 Å². The van der Waals surface area contributed by atoms with Crippen LogP contribution in [0.25, 0.3) is 11.2 Å². The van der Waals surface area contributed by atoms with Gasteiger partial charge in [-0.2, -0.15) is 5.26 Å². The van der Waals surface area contributed by atoms with Crippen LogP contribution in [0.3, 0.4) is 0 Å². The van der Waals surface area contributed by atoms with E-state index in [-0.39, 0.29) is 6.10 Å². The second kappa shape index (κ2) is 4.56. The van der Waals surface area contributed by atoms with Crippen LogP contribution in [-0.2, 0) is 17.2 Å². The zero-order valence-electron chi connectivity index (χ0n) is 9.64. The first-order chi connectivity index (χ1) is 8.81. The van der Waals surface area contributed by atoms with Crippen molar-refractivity contribution >= 4 is 22.8 Å². The van der Waals surface area contributed by atoms with E-state index in [1.54, 1.807) is 12.3 Å². The molecule has 5 nitrogen and oxygen atoms in total. The Kier molecular flexibility index (Phi) is 2.90. The maximum Gasteiger partial charge on any atom is 0.160 e. The predicted molar refractivity (Wildman–Crippen MR) is 66.2 cm³/mol. The molecule has 18 heavy (non-hydrogen) atoms. The Hall–Kier alpha value is -1.64. The highest BCUT2D eigenvalue weighted by atomic mass is 35.5. The molecule has 0 spiro atoms. The van der Waals surface area contributed by atoms with Gasteiger partial charge in [-0.25, -0.2) is 9.97 Å². The normalized spacial score (nSPS) is 18.6. The molecule has 1 saturated heterocycles. The fraction of sp³-hybridized carbons (Fsp3) is 0.417. The number of halogens is 1. The zero-order valence-corrected chi connectivity index (χ0v) is 10.4. The molecule has 92 valence electrons. The van der Waals surface area contributed by atoms with Crippen molar-refractivity contribution in [3.8, 4) is 6.07 Å². The quantitative estimate of drug-likeness (QED) is 0.792. The van der Waals surface area contributed by atoms with Gasteiger partial charge in [0.2, 0.25) is 0 Å². The Morgan fingerprint density at radius 1 is 1.61 bits per heavy atom. The Labute approximate surface area is 109 Å². The van der Waals surface area contributed by atoms with Gasteiger partial charge < -0.3 is 9.30 Å². The summed E-state index contributed by atoms with van der Waals surface area (Å²) in [6, 6.07) is 3.79. The first-order valence-electron chi connectivity index (χ1n) is 5.74. The maximum atomic E-state index is 8.85. The predicted octanol–water partition coefficient (Wildman–Crippen LogP) is 1.83. The summed E-state index contributed by atoms with van der Waals surface area (Å²) < 4.78 is 7.41. The summed E-state index contributed by atoms with van der Waals surface area (Å²) in [5.41, 5.74) is 1.98. The topological polar surface area (TPSA) is 63.7 Å². The third-order valence-electron chi connectivity index (χ3n) is 3.09. The van der Waals surface area contributed by atoms with Crippen molar-refractivity contribution < 1.29 is 4.74 Å². The minimum Gasteiger partial charge on any atom is -0.376 e. The fourth-order valence-electron chi connectivity index (χ4n) is 2.04. The summed E-state index contributed by atoms with van der Waals surface area (Å²) in [6.45, 7) is 1.54. The molecule has 0 aromatic carbocycles. The van der Waals surface area contributed by atoms with Crippen LogP contribution >= 0.6 is 11.6 Å². The van der Waals surface area contributed by atoms with Crippen molar-refractivity contribution in [2.24, 2.45) is 0 Å². The average Bonchev–Trinajstić information content (AvgIpc) is 2.70. The van der Waals surface area contributed by atoms with Gasteiger partial charge in [-0.3, -0.25) is 0 Å². The number of hydrogen-bond acceptors (Lipinski definition) is 4. The van der Waals surface area contributed by atoms with Crippen LogP contribution in [0.5, 0.6) is 0 Å². The van der Waals surface area contributed by atoms with Crippen molar-refractivity contribution in [2.45, 2.75) is 24.9 Å². The smallest absolute Gasteiger partial charge is 0.160 e. The Bertz CT molecular complexity index is 627. The second-order valence-corrected chi connectivity index (χ2v) is 4.50. The van der Waals surface area contributed by atoms with Crippen molar-refractivity contribution in [3.05, 3.63) is 23.7 Å². The molecule has 0 bridgehead atoms. The van der Waals surface area contributed by atoms with Gasteiger partial charge in [-0.05, 0) is 12.5 Å². The summed E-state index contributed by atoms with van der Waals surface area (Å²) >= 11 is 5.90. The molecule has 1 fully saturated rings. The average molecular weight is 263 g/mol. The summed E-state index contributed by atoms with van der Waals surface area (Å²) in [4.78, 5) is 8.71. The molecule has 1 aliphatic heterocycles. The van der Waals surface area contributed by atoms with Crippen LogP contribution in [0, 0.1) is 11.3 Å². The molecule has 1 unspecified atom stereocenters. The second-order valence-electron chi connectivity index (χ2n) is 4.23. The Morgan fingerprint density at radius 2 is 2.44 bits per heavy atom. The molecule has 6 heteroatoms. The van der Waals surface area contributed by atoms with Crippen LogP contribution < -0.4 is 0 Å². The van der Waals surface area contributed by atoms with E-state index in [0.29, 0.717) is 17.0 Å². The molecule has 0 radical (unpaired) electrons. The van der Waals surface area contributed by atoms with E-state index < -0.39 is 0 Å². The molecule has 2 aromatic heterocycles. The number of fused-ring (bicyclic) bond motifs is 1. The van der Waals surface area contributed by atoms with E-state index in [2.05, 4.69) is 16.0 Å². The van der Waals surface area contributed by atoms with Crippen molar-refractivity contribution in [1.82, 2.24) is 14.5 Å².